The van der Waals surface area contributed by atoms with Crippen molar-refractivity contribution in [2.24, 2.45) is 0 Å². The van der Waals surface area contributed by atoms with Crippen molar-refractivity contribution in [3.63, 3.8) is 0 Å². The zero-order valence-electron chi connectivity index (χ0n) is 23.5. The smallest absolute Gasteiger partial charge is 0.254 e. The molecule has 40 heavy (non-hydrogen) atoms. The molecule has 2 heterocycles. The summed E-state index contributed by atoms with van der Waals surface area (Å²) in [6.45, 7) is 8.51. The van der Waals surface area contributed by atoms with E-state index in [2.05, 4.69) is 35.2 Å². The first kappa shape index (κ1) is 27.2. The highest BCUT2D eigenvalue weighted by Crippen LogP contribution is 2.39. The van der Waals surface area contributed by atoms with Crippen molar-refractivity contribution in [3.05, 3.63) is 78.5 Å². The highest BCUT2D eigenvalue weighted by Gasteiger charge is 2.38. The van der Waals surface area contributed by atoms with Gasteiger partial charge in [0.05, 0.1) is 24.3 Å². The van der Waals surface area contributed by atoms with Crippen LogP contribution in [0.15, 0.2) is 72.9 Å². The number of pyridine rings is 1. The van der Waals surface area contributed by atoms with Crippen LogP contribution in [0.3, 0.4) is 0 Å². The van der Waals surface area contributed by atoms with E-state index in [0.29, 0.717) is 18.7 Å². The van der Waals surface area contributed by atoms with Gasteiger partial charge in [-0.25, -0.2) is 0 Å². The van der Waals surface area contributed by atoms with Gasteiger partial charge < -0.3 is 19.6 Å². The van der Waals surface area contributed by atoms with Crippen LogP contribution >= 0.6 is 0 Å². The van der Waals surface area contributed by atoms with Gasteiger partial charge in [-0.3, -0.25) is 9.78 Å². The molecule has 1 N–H and O–H groups in total. The molecular formula is C33H34N4O3. The number of nitriles is 1. The second-order valence-electron chi connectivity index (χ2n) is 11.0. The summed E-state index contributed by atoms with van der Waals surface area (Å²) in [6, 6.07) is 24.0. The number of aromatic nitrogens is 1. The van der Waals surface area contributed by atoms with E-state index in [0.717, 1.165) is 44.6 Å². The molecule has 1 fully saturated rings. The largest absolute Gasteiger partial charge is 0.495 e. The molecule has 2 atom stereocenters. The Balaban J connectivity index is 1.43. The quantitative estimate of drug-likeness (QED) is 0.356. The van der Waals surface area contributed by atoms with Crippen LogP contribution in [0, 0.1) is 11.3 Å². The fraction of sp³-hybridized carbons (Fsp3) is 0.303. The first-order valence-corrected chi connectivity index (χ1v) is 13.5. The molecule has 1 aliphatic heterocycles. The molecule has 0 radical (unpaired) electrons. The average molecular weight is 535 g/mol. The number of rotatable bonds is 5. The van der Waals surface area contributed by atoms with E-state index in [-0.39, 0.29) is 18.0 Å². The standard InChI is InChI=1S/C33H34N4O3/c1-21-19-36(20-22(2)37(21)32(38)33(3,4)39)26-15-13-25(14-16-26)29-18-35-30-27(7-6-8-28(30)31(29)40-5)24-11-9-23(17-34)10-12-24/h6-16,18,21-22,39H,19-20H2,1-5H3/t21-,22+. The topological polar surface area (TPSA) is 89.7 Å². The molecule has 4 aromatic rings. The van der Waals surface area contributed by atoms with Crippen molar-refractivity contribution in [2.75, 3.05) is 25.1 Å². The summed E-state index contributed by atoms with van der Waals surface area (Å²) >= 11 is 0. The third-order valence-corrected chi connectivity index (χ3v) is 7.60. The molecule has 204 valence electrons. The Morgan fingerprint density at radius 3 is 2.15 bits per heavy atom. The lowest BCUT2D eigenvalue weighted by Gasteiger charge is -2.47. The maximum absolute atomic E-state index is 12.8. The number of ether oxygens (including phenoxy) is 1. The number of hydrogen-bond donors (Lipinski definition) is 1. The van der Waals surface area contributed by atoms with Gasteiger partial charge in [-0.05, 0) is 69.2 Å². The number of piperazine rings is 1. The number of methoxy groups -OCH3 is 1. The minimum atomic E-state index is -1.39. The minimum Gasteiger partial charge on any atom is -0.495 e. The van der Waals surface area contributed by atoms with Crippen LogP contribution in [0.25, 0.3) is 33.2 Å². The van der Waals surface area contributed by atoms with E-state index in [4.69, 9.17) is 15.0 Å². The van der Waals surface area contributed by atoms with Crippen molar-refractivity contribution < 1.29 is 14.6 Å². The SMILES string of the molecule is COc1c(-c2ccc(N3C[C@@H](C)N(C(=O)C(C)(C)O)[C@@H](C)C3)cc2)cnc2c(-c3ccc(C#N)cc3)cccc12. The Morgan fingerprint density at radius 2 is 1.57 bits per heavy atom. The maximum atomic E-state index is 12.8. The second-order valence-corrected chi connectivity index (χ2v) is 11.0. The number of anilines is 1. The van der Waals surface area contributed by atoms with Crippen LogP contribution in [-0.2, 0) is 4.79 Å². The Kier molecular flexibility index (Phi) is 7.22. The van der Waals surface area contributed by atoms with E-state index in [1.807, 2.05) is 67.4 Å². The maximum Gasteiger partial charge on any atom is 0.254 e. The van der Waals surface area contributed by atoms with Gasteiger partial charge >= 0.3 is 0 Å². The summed E-state index contributed by atoms with van der Waals surface area (Å²) in [4.78, 5) is 21.7. The first-order valence-electron chi connectivity index (χ1n) is 13.5. The van der Waals surface area contributed by atoms with Gasteiger partial charge in [0.2, 0.25) is 0 Å². The van der Waals surface area contributed by atoms with Crippen LogP contribution in [0.1, 0.15) is 33.3 Å². The highest BCUT2D eigenvalue weighted by molar-refractivity contribution is 6.00. The fourth-order valence-electron chi connectivity index (χ4n) is 5.68. The summed E-state index contributed by atoms with van der Waals surface area (Å²) in [5.41, 5.74) is 5.02. The Bertz CT molecular complexity index is 1570. The number of benzene rings is 3. The molecule has 1 saturated heterocycles. The Hall–Kier alpha value is -4.41. The second kappa shape index (κ2) is 10.6. The van der Waals surface area contributed by atoms with Crippen molar-refractivity contribution in [1.29, 1.82) is 5.26 Å². The Labute approximate surface area is 235 Å². The normalized spacial score (nSPS) is 17.5. The van der Waals surface area contributed by atoms with Gasteiger partial charge in [-0.15, -0.1) is 0 Å². The van der Waals surface area contributed by atoms with Crippen LogP contribution in [-0.4, -0.2) is 58.8 Å². The zero-order valence-corrected chi connectivity index (χ0v) is 23.5. The Morgan fingerprint density at radius 1 is 0.975 bits per heavy atom. The predicted molar refractivity (Wildman–Crippen MR) is 158 cm³/mol. The van der Waals surface area contributed by atoms with Gasteiger partial charge in [-0.2, -0.15) is 5.26 Å². The average Bonchev–Trinajstić information content (AvgIpc) is 2.95. The highest BCUT2D eigenvalue weighted by atomic mass is 16.5. The molecule has 1 aromatic heterocycles. The summed E-state index contributed by atoms with van der Waals surface area (Å²) in [6.07, 6.45) is 1.86. The van der Waals surface area contributed by atoms with E-state index < -0.39 is 5.60 Å². The van der Waals surface area contributed by atoms with Gasteiger partial charge in [0, 0.05) is 53.6 Å². The molecule has 1 aliphatic rings. The molecule has 0 aliphatic carbocycles. The van der Waals surface area contributed by atoms with Crippen molar-refractivity contribution >= 4 is 22.5 Å². The molecule has 3 aromatic carbocycles. The van der Waals surface area contributed by atoms with E-state index >= 15 is 0 Å². The summed E-state index contributed by atoms with van der Waals surface area (Å²) in [5, 5.41) is 20.3. The zero-order chi connectivity index (χ0) is 28.6. The molecule has 0 unspecified atom stereocenters. The van der Waals surface area contributed by atoms with Crippen molar-refractivity contribution in [3.8, 4) is 34.1 Å². The lowest BCUT2D eigenvalue weighted by Crippen LogP contribution is -2.62. The van der Waals surface area contributed by atoms with Gasteiger partial charge in [0.1, 0.15) is 11.4 Å². The summed E-state index contributed by atoms with van der Waals surface area (Å²) in [7, 11) is 1.68. The van der Waals surface area contributed by atoms with Crippen LogP contribution < -0.4 is 9.64 Å². The molecule has 0 saturated carbocycles. The van der Waals surface area contributed by atoms with E-state index in [1.54, 1.807) is 21.0 Å². The molecule has 5 rings (SSSR count). The number of fused-ring (bicyclic) bond motifs is 1. The monoisotopic (exact) mass is 534 g/mol. The first-order chi connectivity index (χ1) is 19.1. The molecule has 1 amide bonds. The van der Waals surface area contributed by atoms with Crippen LogP contribution in [0.5, 0.6) is 5.75 Å². The minimum absolute atomic E-state index is 0.0302. The van der Waals surface area contributed by atoms with Crippen molar-refractivity contribution in [1.82, 2.24) is 9.88 Å². The van der Waals surface area contributed by atoms with Gasteiger partial charge in [0.15, 0.2) is 0 Å². The number of hydrogen-bond acceptors (Lipinski definition) is 6. The van der Waals surface area contributed by atoms with Gasteiger partial charge in [0.25, 0.3) is 5.91 Å². The number of nitrogens with zero attached hydrogens (tertiary/aromatic N) is 4. The fourth-order valence-corrected chi connectivity index (χ4v) is 5.68. The summed E-state index contributed by atoms with van der Waals surface area (Å²) in [5.74, 6) is 0.523. The molecule has 0 spiro atoms. The van der Waals surface area contributed by atoms with Crippen LogP contribution in [0.4, 0.5) is 5.69 Å². The van der Waals surface area contributed by atoms with E-state index in [1.165, 1.54) is 0 Å². The van der Waals surface area contributed by atoms with Crippen molar-refractivity contribution in [2.45, 2.75) is 45.4 Å². The molecule has 7 heteroatoms. The predicted octanol–water partition coefficient (Wildman–Crippen LogP) is 5.65. The number of amides is 1. The number of aliphatic hydroxyl groups is 1. The number of carbonyl (C=O) groups excluding carboxylic acids is 1. The summed E-state index contributed by atoms with van der Waals surface area (Å²) < 4.78 is 5.93. The third-order valence-electron chi connectivity index (χ3n) is 7.60. The van der Waals surface area contributed by atoms with Gasteiger partial charge in [-0.1, -0.05) is 36.4 Å². The van der Waals surface area contributed by atoms with E-state index in [9.17, 15) is 9.90 Å². The van der Waals surface area contributed by atoms with Crippen LogP contribution in [0.2, 0.25) is 0 Å². The lowest BCUT2D eigenvalue weighted by molar-refractivity contribution is -0.153. The molecule has 0 bridgehead atoms. The number of para-hydroxylation sites is 1. The number of carbonyl (C=O) groups is 1. The lowest BCUT2D eigenvalue weighted by atomic mass is 9.97. The molecule has 7 nitrogen and oxygen atoms in total. The third kappa shape index (κ3) is 4.99. The molecular weight excluding hydrogens is 500 g/mol.